The average molecular weight is 463 g/mol. The van der Waals surface area contributed by atoms with E-state index in [1.54, 1.807) is 24.3 Å². The monoisotopic (exact) mass is 462 g/mol. The van der Waals surface area contributed by atoms with Crippen LogP contribution in [-0.2, 0) is 25.4 Å². The lowest BCUT2D eigenvalue weighted by Gasteiger charge is -2.37. The third-order valence-electron chi connectivity index (χ3n) is 6.97. The molecule has 2 aliphatic heterocycles. The summed E-state index contributed by atoms with van der Waals surface area (Å²) >= 11 is 0. The Labute approximate surface area is 188 Å². The molecule has 4 rings (SSSR count). The van der Waals surface area contributed by atoms with Gasteiger partial charge in [0.1, 0.15) is 12.1 Å². The molecule has 1 aromatic rings. The molecule has 4 amide bonds. The van der Waals surface area contributed by atoms with Crippen LogP contribution in [0.15, 0.2) is 30.3 Å². The number of nitrogens with one attached hydrogen (secondary N) is 1. The first kappa shape index (κ1) is 22.7. The highest BCUT2D eigenvalue weighted by Gasteiger charge is 2.55. The Morgan fingerprint density at radius 1 is 1.09 bits per heavy atom. The second-order valence-corrected chi connectivity index (χ2v) is 10.9. The molecule has 3 fully saturated rings. The Bertz CT molecular complexity index is 991. The number of sulfonamides is 1. The number of hydrogen-bond donors (Lipinski definition) is 1. The van der Waals surface area contributed by atoms with E-state index in [2.05, 4.69) is 5.32 Å². The maximum atomic E-state index is 13.1. The van der Waals surface area contributed by atoms with Crippen molar-refractivity contribution >= 4 is 27.9 Å². The molecule has 9 nitrogen and oxygen atoms in total. The summed E-state index contributed by atoms with van der Waals surface area (Å²) in [4.78, 5) is 41.0. The molecule has 32 heavy (non-hydrogen) atoms. The van der Waals surface area contributed by atoms with Gasteiger partial charge >= 0.3 is 6.03 Å². The molecule has 2 saturated heterocycles. The number of urea groups is 1. The number of carbonyl (C=O) groups excluding carboxylic acids is 3. The first-order valence-corrected chi connectivity index (χ1v) is 12.8. The van der Waals surface area contributed by atoms with Gasteiger partial charge in [0, 0.05) is 26.2 Å². The molecule has 0 bridgehead atoms. The molecule has 174 valence electrons. The van der Waals surface area contributed by atoms with Crippen LogP contribution in [0, 0.1) is 5.92 Å². The summed E-state index contributed by atoms with van der Waals surface area (Å²) in [7, 11) is -3.48. The number of imide groups is 1. The Hall–Kier alpha value is -2.46. The molecule has 2 heterocycles. The Morgan fingerprint density at radius 3 is 2.44 bits per heavy atom. The lowest BCUT2D eigenvalue weighted by molar-refractivity contribution is -0.141. The van der Waals surface area contributed by atoms with Crippen LogP contribution in [0.3, 0.4) is 0 Å². The summed E-state index contributed by atoms with van der Waals surface area (Å²) in [6.45, 7) is 2.52. The average Bonchev–Trinajstić information content (AvgIpc) is 3.01. The fraction of sp³-hybridized carbons (Fsp3) is 0.591. The largest absolute Gasteiger partial charge is 0.338 e. The molecule has 3 aliphatic rings. The van der Waals surface area contributed by atoms with Gasteiger partial charge in [0.05, 0.1) is 5.75 Å². The van der Waals surface area contributed by atoms with Crippen LogP contribution in [-0.4, -0.2) is 78.6 Å². The number of carbonyl (C=O) groups is 3. The van der Waals surface area contributed by atoms with Crippen molar-refractivity contribution in [1.29, 1.82) is 0 Å². The Balaban J connectivity index is 1.34. The van der Waals surface area contributed by atoms with Gasteiger partial charge in [-0.1, -0.05) is 50.1 Å². The molecule has 0 unspecified atom stereocenters. The van der Waals surface area contributed by atoms with Gasteiger partial charge in [0.25, 0.3) is 5.91 Å². The molecular formula is C22H30N4O5S. The first-order chi connectivity index (χ1) is 15.2. The minimum Gasteiger partial charge on any atom is -0.338 e. The minimum absolute atomic E-state index is 0.0335. The van der Waals surface area contributed by atoms with Gasteiger partial charge in [0.15, 0.2) is 0 Å². The van der Waals surface area contributed by atoms with Gasteiger partial charge in [-0.25, -0.2) is 13.2 Å². The number of amides is 4. The molecule has 1 N–H and O–H groups in total. The van der Waals surface area contributed by atoms with E-state index in [1.807, 2.05) is 13.0 Å². The van der Waals surface area contributed by atoms with E-state index >= 15 is 0 Å². The summed E-state index contributed by atoms with van der Waals surface area (Å²) in [5.41, 5.74) is -0.171. The van der Waals surface area contributed by atoms with E-state index in [9.17, 15) is 22.8 Å². The van der Waals surface area contributed by atoms with Crippen molar-refractivity contribution in [3.63, 3.8) is 0 Å². The van der Waals surface area contributed by atoms with Crippen molar-refractivity contribution in [2.75, 3.05) is 32.7 Å². The highest BCUT2D eigenvalue weighted by atomic mass is 32.2. The minimum atomic E-state index is -3.48. The van der Waals surface area contributed by atoms with Crippen LogP contribution < -0.4 is 5.32 Å². The van der Waals surface area contributed by atoms with Crippen LogP contribution in [0.2, 0.25) is 0 Å². The molecule has 10 heteroatoms. The number of piperazine rings is 1. The smallest absolute Gasteiger partial charge is 0.325 e. The molecular weight excluding hydrogens is 432 g/mol. The third-order valence-corrected chi connectivity index (χ3v) is 8.82. The molecule has 1 spiro atoms. The maximum Gasteiger partial charge on any atom is 0.325 e. The normalized spacial score (nSPS) is 27.1. The maximum absolute atomic E-state index is 13.1. The molecule has 1 aliphatic carbocycles. The van der Waals surface area contributed by atoms with E-state index in [4.69, 9.17) is 0 Å². The van der Waals surface area contributed by atoms with E-state index in [1.165, 1.54) is 9.21 Å². The van der Waals surface area contributed by atoms with Gasteiger partial charge in [-0.15, -0.1) is 0 Å². The van der Waals surface area contributed by atoms with Crippen molar-refractivity contribution < 1.29 is 22.8 Å². The molecule has 0 radical (unpaired) electrons. The highest BCUT2D eigenvalue weighted by molar-refractivity contribution is 7.88. The van der Waals surface area contributed by atoms with Gasteiger partial charge in [-0.05, 0) is 24.3 Å². The lowest BCUT2D eigenvalue weighted by atomic mass is 9.73. The zero-order valence-corrected chi connectivity index (χ0v) is 19.1. The summed E-state index contributed by atoms with van der Waals surface area (Å²) in [5, 5.41) is 2.86. The molecule has 1 aromatic carbocycles. The number of nitrogens with zero attached hydrogens (tertiary/aromatic N) is 3. The van der Waals surface area contributed by atoms with Crippen molar-refractivity contribution in [3.05, 3.63) is 35.9 Å². The number of rotatable bonds is 5. The van der Waals surface area contributed by atoms with Crippen LogP contribution in [0.5, 0.6) is 0 Å². The molecule has 1 saturated carbocycles. The number of hydrogen-bond acceptors (Lipinski definition) is 5. The predicted molar refractivity (Wildman–Crippen MR) is 118 cm³/mol. The van der Waals surface area contributed by atoms with Crippen LogP contribution >= 0.6 is 0 Å². The van der Waals surface area contributed by atoms with E-state index in [-0.39, 0.29) is 56.2 Å². The fourth-order valence-corrected chi connectivity index (χ4v) is 6.48. The Kier molecular flexibility index (Phi) is 6.26. The van der Waals surface area contributed by atoms with Crippen molar-refractivity contribution in [2.24, 2.45) is 5.92 Å². The fourth-order valence-electron chi connectivity index (χ4n) is 4.97. The van der Waals surface area contributed by atoms with Gasteiger partial charge < -0.3 is 10.2 Å². The third kappa shape index (κ3) is 4.25. The first-order valence-electron chi connectivity index (χ1n) is 11.2. The Morgan fingerprint density at radius 2 is 1.78 bits per heavy atom. The van der Waals surface area contributed by atoms with Crippen molar-refractivity contribution in [2.45, 2.75) is 43.9 Å². The van der Waals surface area contributed by atoms with Crippen LogP contribution in [0.25, 0.3) is 0 Å². The van der Waals surface area contributed by atoms with Crippen molar-refractivity contribution in [1.82, 2.24) is 19.4 Å². The van der Waals surface area contributed by atoms with Crippen LogP contribution in [0.4, 0.5) is 4.79 Å². The van der Waals surface area contributed by atoms with Gasteiger partial charge in [0.2, 0.25) is 15.9 Å². The summed E-state index contributed by atoms with van der Waals surface area (Å²) in [5.74, 6) is -0.697. The zero-order valence-electron chi connectivity index (χ0n) is 18.3. The topological polar surface area (TPSA) is 107 Å². The van der Waals surface area contributed by atoms with Gasteiger partial charge in [-0.3, -0.25) is 14.5 Å². The van der Waals surface area contributed by atoms with Gasteiger partial charge in [-0.2, -0.15) is 4.31 Å². The number of benzene rings is 1. The standard InChI is InChI=1S/C22H30N4O5S/c1-17-7-5-6-10-22(17)20(28)26(21(29)23-22)15-19(27)24-11-13-25(14-12-24)32(30,31)16-18-8-3-2-4-9-18/h2-4,8-9,17H,5-7,10-16H2,1H3,(H,23,29)/t17-,22-/m1/s1. The lowest BCUT2D eigenvalue weighted by Crippen LogP contribution is -2.55. The van der Waals surface area contributed by atoms with E-state index < -0.39 is 21.6 Å². The zero-order chi connectivity index (χ0) is 22.9. The highest BCUT2D eigenvalue weighted by Crippen LogP contribution is 2.38. The molecule has 0 aromatic heterocycles. The summed E-state index contributed by atoms with van der Waals surface area (Å²) < 4.78 is 26.8. The predicted octanol–water partition coefficient (Wildman–Crippen LogP) is 1.16. The van der Waals surface area contributed by atoms with E-state index in [0.717, 1.165) is 29.7 Å². The summed E-state index contributed by atoms with van der Waals surface area (Å²) in [6, 6.07) is 8.47. The SMILES string of the molecule is C[C@@H]1CCCC[C@@]12NC(=O)N(CC(=O)N1CCN(S(=O)(=O)Cc3ccccc3)CC1)C2=O. The summed E-state index contributed by atoms with van der Waals surface area (Å²) in [6.07, 6.45) is 3.37. The quantitative estimate of drug-likeness (QED) is 0.661. The molecule has 2 atom stereocenters. The second kappa shape index (κ2) is 8.82. The van der Waals surface area contributed by atoms with E-state index in [0.29, 0.717) is 6.42 Å². The van der Waals surface area contributed by atoms with Crippen molar-refractivity contribution in [3.8, 4) is 0 Å². The van der Waals surface area contributed by atoms with Crippen LogP contribution in [0.1, 0.15) is 38.2 Å². The second-order valence-electron chi connectivity index (χ2n) is 8.96.